The molecule has 2 aromatic rings. The molecule has 2 rings (SSSR count). The third kappa shape index (κ3) is 4.89. The summed E-state index contributed by atoms with van der Waals surface area (Å²) in [6.07, 6.45) is 0. The van der Waals surface area contributed by atoms with E-state index >= 15 is 0 Å². The van der Waals surface area contributed by atoms with Crippen LogP contribution in [-0.4, -0.2) is 28.3 Å². The topological polar surface area (TPSA) is 168 Å². The Morgan fingerprint density at radius 3 is 2.37 bits per heavy atom. The van der Waals surface area contributed by atoms with Crippen molar-refractivity contribution in [3.05, 3.63) is 67.2 Å². The van der Waals surface area contributed by atoms with Crippen molar-refractivity contribution >= 4 is 46.2 Å². The summed E-state index contributed by atoms with van der Waals surface area (Å²) in [6.45, 7) is -0.767. The number of hydrogen-bond donors (Lipinski definition) is 2. The summed E-state index contributed by atoms with van der Waals surface area (Å²) < 4.78 is 4.75. The molecule has 0 aliphatic heterocycles. The molecule has 0 bridgehead atoms. The maximum absolute atomic E-state index is 11.9. The number of rotatable bonds is 6. The van der Waals surface area contributed by atoms with Crippen molar-refractivity contribution < 1.29 is 24.2 Å². The molecule has 0 aliphatic rings. The van der Waals surface area contributed by atoms with Crippen LogP contribution in [0.3, 0.4) is 0 Å². The standard InChI is InChI=1S/C15H11ClN4O7/c16-9-2-4-11(13(6-9)20(25)26)18-14(21)7-27-15(22)8-1-3-10(17)12(5-8)19(23)24/h1-6H,7,17H2,(H,18,21). The zero-order valence-corrected chi connectivity index (χ0v) is 14.1. The zero-order valence-electron chi connectivity index (χ0n) is 13.4. The third-order valence-electron chi connectivity index (χ3n) is 3.23. The van der Waals surface area contributed by atoms with Gasteiger partial charge in [0.05, 0.1) is 15.4 Å². The van der Waals surface area contributed by atoms with Crippen LogP contribution >= 0.6 is 11.6 Å². The Morgan fingerprint density at radius 2 is 1.74 bits per heavy atom. The lowest BCUT2D eigenvalue weighted by molar-refractivity contribution is -0.384. The predicted octanol–water partition coefficient (Wildman–Crippen LogP) is 2.53. The van der Waals surface area contributed by atoms with Crippen LogP contribution < -0.4 is 11.1 Å². The number of nitrogens with two attached hydrogens (primary N) is 1. The monoisotopic (exact) mass is 394 g/mol. The highest BCUT2D eigenvalue weighted by Gasteiger charge is 2.19. The molecular formula is C15H11ClN4O7. The maximum Gasteiger partial charge on any atom is 0.338 e. The van der Waals surface area contributed by atoms with E-state index in [9.17, 15) is 29.8 Å². The molecule has 0 aliphatic carbocycles. The second kappa shape index (κ2) is 8.10. The number of halogens is 1. The molecule has 0 unspecified atom stereocenters. The Hall–Kier alpha value is -3.73. The number of amides is 1. The van der Waals surface area contributed by atoms with Crippen LogP contribution in [0.1, 0.15) is 10.4 Å². The van der Waals surface area contributed by atoms with E-state index in [1.165, 1.54) is 18.2 Å². The number of nitro benzene ring substituents is 2. The van der Waals surface area contributed by atoms with Crippen molar-refractivity contribution in [1.29, 1.82) is 0 Å². The summed E-state index contributed by atoms with van der Waals surface area (Å²) in [5.74, 6) is -1.85. The van der Waals surface area contributed by atoms with Gasteiger partial charge in [0.25, 0.3) is 17.3 Å². The van der Waals surface area contributed by atoms with E-state index in [1.807, 2.05) is 0 Å². The van der Waals surface area contributed by atoms with Crippen LogP contribution in [0.5, 0.6) is 0 Å². The van der Waals surface area contributed by atoms with Crippen LogP contribution in [0.15, 0.2) is 36.4 Å². The first kappa shape index (κ1) is 19.6. The minimum atomic E-state index is -1.00. The number of hydrogen-bond acceptors (Lipinski definition) is 8. The highest BCUT2D eigenvalue weighted by molar-refractivity contribution is 6.31. The fraction of sp³-hybridized carbons (Fsp3) is 0.0667. The molecule has 0 radical (unpaired) electrons. The molecule has 0 heterocycles. The second-order valence-electron chi connectivity index (χ2n) is 5.07. The fourth-order valence-electron chi connectivity index (χ4n) is 1.99. The number of nitro groups is 2. The third-order valence-corrected chi connectivity index (χ3v) is 3.46. The maximum atomic E-state index is 11.9. The van der Waals surface area contributed by atoms with Gasteiger partial charge in [0.15, 0.2) is 6.61 Å². The van der Waals surface area contributed by atoms with E-state index in [2.05, 4.69) is 5.32 Å². The largest absolute Gasteiger partial charge is 0.452 e. The van der Waals surface area contributed by atoms with Gasteiger partial charge in [0.1, 0.15) is 11.4 Å². The van der Waals surface area contributed by atoms with E-state index in [4.69, 9.17) is 22.1 Å². The average Bonchev–Trinajstić information content (AvgIpc) is 2.61. The Morgan fingerprint density at radius 1 is 1.07 bits per heavy atom. The van der Waals surface area contributed by atoms with Crippen LogP contribution in [0.25, 0.3) is 0 Å². The molecule has 0 atom stereocenters. The number of anilines is 2. The normalized spacial score (nSPS) is 10.1. The summed E-state index contributed by atoms with van der Waals surface area (Å²) in [7, 11) is 0. The smallest absolute Gasteiger partial charge is 0.338 e. The van der Waals surface area contributed by atoms with Gasteiger partial charge in [-0.05, 0) is 24.3 Å². The van der Waals surface area contributed by atoms with E-state index in [1.54, 1.807) is 0 Å². The van der Waals surface area contributed by atoms with Gasteiger partial charge in [-0.2, -0.15) is 0 Å². The van der Waals surface area contributed by atoms with Crippen molar-refractivity contribution in [1.82, 2.24) is 0 Å². The Kier molecular flexibility index (Phi) is 5.88. The molecule has 0 spiro atoms. The number of esters is 1. The van der Waals surface area contributed by atoms with E-state index in [0.29, 0.717) is 0 Å². The first-order valence-corrected chi connectivity index (χ1v) is 7.51. The Bertz CT molecular complexity index is 948. The lowest BCUT2D eigenvalue weighted by atomic mass is 10.2. The lowest BCUT2D eigenvalue weighted by Crippen LogP contribution is -2.21. The molecule has 12 heteroatoms. The molecule has 27 heavy (non-hydrogen) atoms. The number of carbonyl (C=O) groups is 2. The molecule has 1 amide bonds. The van der Waals surface area contributed by atoms with Crippen molar-refractivity contribution in [2.75, 3.05) is 17.7 Å². The summed E-state index contributed by atoms with van der Waals surface area (Å²) >= 11 is 5.67. The van der Waals surface area contributed by atoms with Gasteiger partial charge in [-0.25, -0.2) is 4.79 Å². The van der Waals surface area contributed by atoms with Crippen LogP contribution in [0.4, 0.5) is 22.7 Å². The number of nitrogens with zero attached hydrogens (tertiary/aromatic N) is 2. The Balaban J connectivity index is 2.04. The first-order chi connectivity index (χ1) is 12.7. The van der Waals surface area contributed by atoms with Gasteiger partial charge >= 0.3 is 5.97 Å². The van der Waals surface area contributed by atoms with Gasteiger partial charge < -0.3 is 15.8 Å². The molecular weight excluding hydrogens is 384 g/mol. The van der Waals surface area contributed by atoms with Crippen molar-refractivity contribution in [3.63, 3.8) is 0 Å². The molecule has 0 saturated carbocycles. The number of carbonyl (C=O) groups excluding carboxylic acids is 2. The quantitative estimate of drug-likeness (QED) is 0.326. The summed E-state index contributed by atoms with van der Waals surface area (Å²) in [5.41, 5.74) is 4.07. The van der Waals surface area contributed by atoms with Gasteiger partial charge in [-0.3, -0.25) is 25.0 Å². The molecule has 0 aromatic heterocycles. The van der Waals surface area contributed by atoms with Crippen molar-refractivity contribution in [2.45, 2.75) is 0 Å². The number of benzene rings is 2. The van der Waals surface area contributed by atoms with Gasteiger partial charge in [0, 0.05) is 17.2 Å². The highest BCUT2D eigenvalue weighted by Crippen LogP contribution is 2.27. The molecule has 0 saturated heterocycles. The lowest BCUT2D eigenvalue weighted by Gasteiger charge is -2.08. The number of nitrogen functional groups attached to an aromatic ring is 1. The minimum absolute atomic E-state index is 0.107. The molecule has 2 aromatic carbocycles. The Labute approximate surface area is 156 Å². The number of nitrogens with one attached hydrogen (secondary N) is 1. The van der Waals surface area contributed by atoms with Gasteiger partial charge in [-0.15, -0.1) is 0 Å². The summed E-state index contributed by atoms with van der Waals surface area (Å²) in [6, 6.07) is 6.89. The zero-order chi connectivity index (χ0) is 20.1. The molecule has 3 N–H and O–H groups in total. The molecule has 11 nitrogen and oxygen atoms in total. The van der Waals surface area contributed by atoms with Gasteiger partial charge in [0.2, 0.25) is 0 Å². The van der Waals surface area contributed by atoms with Gasteiger partial charge in [-0.1, -0.05) is 11.6 Å². The van der Waals surface area contributed by atoms with Crippen molar-refractivity contribution in [3.8, 4) is 0 Å². The second-order valence-corrected chi connectivity index (χ2v) is 5.51. The molecule has 140 valence electrons. The van der Waals surface area contributed by atoms with E-state index in [0.717, 1.165) is 18.2 Å². The van der Waals surface area contributed by atoms with Crippen molar-refractivity contribution in [2.24, 2.45) is 0 Å². The average molecular weight is 395 g/mol. The summed E-state index contributed by atoms with van der Waals surface area (Å²) in [5, 5.41) is 24.1. The summed E-state index contributed by atoms with van der Waals surface area (Å²) in [4.78, 5) is 44.1. The number of ether oxygens (including phenoxy) is 1. The minimum Gasteiger partial charge on any atom is -0.452 e. The SMILES string of the molecule is Nc1ccc(C(=O)OCC(=O)Nc2ccc(Cl)cc2[N+](=O)[O-])cc1[N+](=O)[O-]. The molecule has 0 fully saturated rings. The highest BCUT2D eigenvalue weighted by atomic mass is 35.5. The van der Waals surface area contributed by atoms with E-state index in [-0.39, 0.29) is 22.0 Å². The first-order valence-electron chi connectivity index (χ1n) is 7.14. The van der Waals surface area contributed by atoms with Crippen LogP contribution in [0, 0.1) is 20.2 Å². The fourth-order valence-corrected chi connectivity index (χ4v) is 2.16. The van der Waals surface area contributed by atoms with Crippen LogP contribution in [0.2, 0.25) is 5.02 Å². The van der Waals surface area contributed by atoms with Crippen LogP contribution in [-0.2, 0) is 9.53 Å². The van der Waals surface area contributed by atoms with E-state index < -0.39 is 39.7 Å². The predicted molar refractivity (Wildman–Crippen MR) is 94.5 cm³/mol.